The van der Waals surface area contributed by atoms with E-state index in [2.05, 4.69) is 22.5 Å². The summed E-state index contributed by atoms with van der Waals surface area (Å²) >= 11 is 0. The number of hydrogen-bond donors (Lipinski definition) is 3. The molecule has 1 aliphatic heterocycles. The lowest BCUT2D eigenvalue weighted by Gasteiger charge is -2.27. The Kier molecular flexibility index (Phi) is 5.81. The number of hydrogen-bond acceptors (Lipinski definition) is 4. The number of urea groups is 1. The molecule has 2 rings (SSSR count). The number of carbonyl (C=O) groups is 2. The van der Waals surface area contributed by atoms with Crippen molar-refractivity contribution in [1.82, 2.24) is 15.5 Å². The summed E-state index contributed by atoms with van der Waals surface area (Å²) < 4.78 is 0. The van der Waals surface area contributed by atoms with Crippen LogP contribution < -0.4 is 16.4 Å². The fourth-order valence-electron chi connectivity index (χ4n) is 3.41. The first-order valence-corrected chi connectivity index (χ1v) is 8.49. The van der Waals surface area contributed by atoms with E-state index in [1.807, 2.05) is 6.92 Å². The van der Waals surface area contributed by atoms with Crippen LogP contribution in [0.1, 0.15) is 52.4 Å². The van der Waals surface area contributed by atoms with Crippen molar-refractivity contribution in [3.63, 3.8) is 0 Å². The Morgan fingerprint density at radius 3 is 2.59 bits per heavy atom. The molecular weight excluding hydrogens is 280 g/mol. The van der Waals surface area contributed by atoms with Crippen molar-refractivity contribution >= 4 is 11.9 Å². The summed E-state index contributed by atoms with van der Waals surface area (Å²) in [7, 11) is 0. The first kappa shape index (κ1) is 17.2. The van der Waals surface area contributed by atoms with E-state index in [0.29, 0.717) is 6.54 Å². The van der Waals surface area contributed by atoms with E-state index in [-0.39, 0.29) is 29.4 Å². The molecule has 1 heterocycles. The zero-order chi connectivity index (χ0) is 16.2. The molecule has 6 heteroatoms. The largest absolute Gasteiger partial charge is 0.335 e. The fraction of sp³-hybridized carbons (Fsp3) is 0.875. The minimum atomic E-state index is -0.357. The average molecular weight is 310 g/mol. The van der Waals surface area contributed by atoms with Gasteiger partial charge in [0.15, 0.2) is 0 Å². The van der Waals surface area contributed by atoms with Gasteiger partial charge in [0.1, 0.15) is 0 Å². The summed E-state index contributed by atoms with van der Waals surface area (Å²) in [6.07, 6.45) is 6.57. The third kappa shape index (κ3) is 4.43. The van der Waals surface area contributed by atoms with Crippen LogP contribution in [-0.2, 0) is 4.79 Å². The first-order valence-electron chi connectivity index (χ1n) is 8.49. The normalized spacial score (nSPS) is 28.3. The van der Waals surface area contributed by atoms with Crippen LogP contribution in [0.25, 0.3) is 0 Å². The Balaban J connectivity index is 1.77. The fourth-order valence-corrected chi connectivity index (χ4v) is 3.41. The Bertz CT molecular complexity index is 409. The van der Waals surface area contributed by atoms with Gasteiger partial charge < -0.3 is 11.1 Å². The minimum absolute atomic E-state index is 0.0822. The number of rotatable bonds is 4. The first-order chi connectivity index (χ1) is 10.4. The van der Waals surface area contributed by atoms with Gasteiger partial charge in [-0.05, 0) is 44.7 Å². The van der Waals surface area contributed by atoms with Gasteiger partial charge in [-0.25, -0.2) is 4.79 Å². The Morgan fingerprint density at radius 1 is 1.32 bits per heavy atom. The minimum Gasteiger partial charge on any atom is -0.335 e. The summed E-state index contributed by atoms with van der Waals surface area (Å²) in [5.41, 5.74) is 5.88. The maximum atomic E-state index is 12.2. The third-order valence-electron chi connectivity index (χ3n) is 5.18. The van der Waals surface area contributed by atoms with Gasteiger partial charge >= 0.3 is 6.03 Å². The summed E-state index contributed by atoms with van der Waals surface area (Å²) in [4.78, 5) is 26.3. The molecule has 4 N–H and O–H groups in total. The average Bonchev–Trinajstić information content (AvgIpc) is 2.90. The van der Waals surface area contributed by atoms with Crippen LogP contribution >= 0.6 is 0 Å². The molecule has 126 valence electrons. The summed E-state index contributed by atoms with van der Waals surface area (Å²) in [5, 5.41) is 5.40. The van der Waals surface area contributed by atoms with Crippen molar-refractivity contribution in [2.75, 3.05) is 19.6 Å². The second-order valence-electron chi connectivity index (χ2n) is 7.21. The highest BCUT2D eigenvalue weighted by molar-refractivity contribution is 5.96. The smallest absolute Gasteiger partial charge is 0.321 e. The molecule has 2 atom stereocenters. The lowest BCUT2D eigenvalue weighted by atomic mass is 9.90. The molecule has 0 aromatic rings. The van der Waals surface area contributed by atoms with Crippen molar-refractivity contribution < 1.29 is 9.59 Å². The molecule has 0 spiro atoms. The van der Waals surface area contributed by atoms with Crippen molar-refractivity contribution in [2.24, 2.45) is 11.1 Å². The molecule has 6 nitrogen and oxygen atoms in total. The number of carbonyl (C=O) groups excluding carboxylic acids is 2. The molecule has 0 radical (unpaired) electrons. The van der Waals surface area contributed by atoms with Crippen molar-refractivity contribution in [3.05, 3.63) is 0 Å². The van der Waals surface area contributed by atoms with Gasteiger partial charge in [-0.15, -0.1) is 0 Å². The molecule has 0 aromatic carbocycles. The van der Waals surface area contributed by atoms with Crippen LogP contribution in [0, 0.1) is 5.41 Å². The molecule has 1 saturated heterocycles. The van der Waals surface area contributed by atoms with E-state index >= 15 is 0 Å². The molecule has 1 saturated carbocycles. The molecule has 2 fully saturated rings. The lowest BCUT2D eigenvalue weighted by molar-refractivity contribution is -0.124. The van der Waals surface area contributed by atoms with Crippen LogP contribution in [0.2, 0.25) is 0 Å². The van der Waals surface area contributed by atoms with Gasteiger partial charge in [-0.1, -0.05) is 26.2 Å². The summed E-state index contributed by atoms with van der Waals surface area (Å²) in [5.74, 6) is -0.227. The number of amides is 3. The highest BCUT2D eigenvalue weighted by Crippen LogP contribution is 2.29. The molecule has 22 heavy (non-hydrogen) atoms. The zero-order valence-electron chi connectivity index (χ0n) is 13.9. The molecule has 1 aliphatic carbocycles. The topological polar surface area (TPSA) is 87.5 Å². The molecule has 3 amide bonds. The molecule has 0 aromatic heterocycles. The van der Waals surface area contributed by atoms with E-state index < -0.39 is 0 Å². The van der Waals surface area contributed by atoms with Gasteiger partial charge in [0.05, 0.1) is 6.04 Å². The number of nitrogens with two attached hydrogens (primary N) is 1. The van der Waals surface area contributed by atoms with Crippen LogP contribution in [0.5, 0.6) is 0 Å². The maximum absolute atomic E-state index is 12.2. The van der Waals surface area contributed by atoms with Crippen LogP contribution in [0.4, 0.5) is 4.79 Å². The molecular formula is C16H30N4O2. The van der Waals surface area contributed by atoms with E-state index in [0.717, 1.165) is 45.2 Å². The second-order valence-corrected chi connectivity index (χ2v) is 7.21. The zero-order valence-corrected chi connectivity index (χ0v) is 13.9. The van der Waals surface area contributed by atoms with E-state index in [9.17, 15) is 9.59 Å². The maximum Gasteiger partial charge on any atom is 0.321 e. The van der Waals surface area contributed by atoms with Crippen LogP contribution in [0.15, 0.2) is 0 Å². The van der Waals surface area contributed by atoms with Gasteiger partial charge in [0.25, 0.3) is 0 Å². The van der Waals surface area contributed by atoms with Gasteiger partial charge in [0, 0.05) is 12.6 Å². The van der Waals surface area contributed by atoms with Crippen molar-refractivity contribution in [3.8, 4) is 0 Å². The van der Waals surface area contributed by atoms with Crippen LogP contribution in [-0.4, -0.2) is 48.6 Å². The Labute approximate surface area is 133 Å². The van der Waals surface area contributed by atoms with Crippen LogP contribution in [0.3, 0.4) is 0 Å². The number of nitrogens with one attached hydrogen (secondary N) is 2. The standard InChI is InChI=1S/C16H30N4O2/c1-12(20-9-8-16(2,10-17)11-20)14(21)19-15(22)18-13-6-4-3-5-7-13/h12-13H,3-11,17H2,1-2H3,(H2,18,19,21,22). The Hall–Kier alpha value is -1.14. The third-order valence-corrected chi connectivity index (χ3v) is 5.18. The van der Waals surface area contributed by atoms with E-state index in [1.165, 1.54) is 6.42 Å². The second kappa shape index (κ2) is 7.42. The lowest BCUT2D eigenvalue weighted by Crippen LogP contribution is -2.51. The van der Waals surface area contributed by atoms with Gasteiger partial charge in [-0.3, -0.25) is 15.0 Å². The van der Waals surface area contributed by atoms with Gasteiger partial charge in [0.2, 0.25) is 5.91 Å². The molecule has 2 unspecified atom stereocenters. The highest BCUT2D eigenvalue weighted by atomic mass is 16.2. The predicted octanol–water partition coefficient (Wildman–Crippen LogP) is 1.20. The molecule has 0 bridgehead atoms. The Morgan fingerprint density at radius 2 is 2.00 bits per heavy atom. The summed E-state index contributed by atoms with van der Waals surface area (Å²) in [6, 6.07) is -0.445. The quantitative estimate of drug-likeness (QED) is 0.728. The van der Waals surface area contributed by atoms with E-state index in [4.69, 9.17) is 5.73 Å². The number of likely N-dealkylation sites (tertiary alicyclic amines) is 1. The SMILES string of the molecule is CC(C(=O)NC(=O)NC1CCCCC1)N1CCC(C)(CN)C1. The summed E-state index contributed by atoms with van der Waals surface area (Å²) in [6.45, 7) is 6.29. The number of imide groups is 1. The highest BCUT2D eigenvalue weighted by Gasteiger charge is 2.36. The van der Waals surface area contributed by atoms with Crippen molar-refractivity contribution in [2.45, 2.75) is 64.5 Å². The van der Waals surface area contributed by atoms with E-state index in [1.54, 1.807) is 0 Å². The monoisotopic (exact) mass is 310 g/mol. The van der Waals surface area contributed by atoms with Crippen molar-refractivity contribution in [1.29, 1.82) is 0 Å². The predicted molar refractivity (Wildman–Crippen MR) is 86.4 cm³/mol. The van der Waals surface area contributed by atoms with Gasteiger partial charge in [-0.2, -0.15) is 0 Å². The molecule has 2 aliphatic rings. The number of nitrogens with zero attached hydrogens (tertiary/aromatic N) is 1.